The third-order valence-corrected chi connectivity index (χ3v) is 3.68. The summed E-state index contributed by atoms with van der Waals surface area (Å²) >= 11 is 6.01. The fourth-order valence-electron chi connectivity index (χ4n) is 2.36. The molecule has 0 aliphatic heterocycles. The summed E-state index contributed by atoms with van der Waals surface area (Å²) in [6.07, 6.45) is 0.838. The van der Waals surface area contributed by atoms with Gasteiger partial charge in [-0.3, -0.25) is 4.79 Å². The summed E-state index contributed by atoms with van der Waals surface area (Å²) in [5.41, 5.74) is 7.97. The normalized spacial score (nSPS) is 11.2. The Morgan fingerprint density at radius 2 is 1.91 bits per heavy atom. The molecule has 1 amide bonds. The maximum Gasteiger partial charge on any atom is 0.251 e. The van der Waals surface area contributed by atoms with Crippen molar-refractivity contribution in [2.24, 2.45) is 5.41 Å². The maximum atomic E-state index is 12.2. The molecule has 22 heavy (non-hydrogen) atoms. The first-order chi connectivity index (χ1) is 10.4. The van der Waals surface area contributed by atoms with Gasteiger partial charge in [0.1, 0.15) is 0 Å². The van der Waals surface area contributed by atoms with Crippen LogP contribution in [0.1, 0.15) is 29.8 Å². The number of benzene rings is 2. The summed E-state index contributed by atoms with van der Waals surface area (Å²) in [7, 11) is 0. The summed E-state index contributed by atoms with van der Waals surface area (Å²) in [5, 5.41) is 3.71. The van der Waals surface area contributed by atoms with E-state index in [9.17, 15) is 4.79 Å². The number of hydrogen-bond acceptors (Lipinski definition) is 2. The predicted molar refractivity (Wildman–Crippen MR) is 92.1 cm³/mol. The number of nitrogens with one attached hydrogen (secondary N) is 1. The summed E-state index contributed by atoms with van der Waals surface area (Å²) in [5.74, 6) is -0.105. The molecule has 3 N–H and O–H groups in total. The second-order valence-electron chi connectivity index (χ2n) is 6.28. The van der Waals surface area contributed by atoms with Gasteiger partial charge < -0.3 is 11.1 Å². The molecule has 3 nitrogen and oxygen atoms in total. The zero-order chi connectivity index (χ0) is 16.2. The van der Waals surface area contributed by atoms with E-state index in [1.54, 1.807) is 24.3 Å². The van der Waals surface area contributed by atoms with Crippen molar-refractivity contribution in [2.45, 2.75) is 20.3 Å². The minimum Gasteiger partial charge on any atom is -0.399 e. The van der Waals surface area contributed by atoms with E-state index in [-0.39, 0.29) is 11.3 Å². The highest BCUT2D eigenvalue weighted by Gasteiger charge is 2.20. The lowest BCUT2D eigenvalue weighted by Gasteiger charge is -2.25. The van der Waals surface area contributed by atoms with E-state index >= 15 is 0 Å². The number of carbonyl (C=O) groups excluding carboxylic acids is 1. The Morgan fingerprint density at radius 1 is 1.18 bits per heavy atom. The lowest BCUT2D eigenvalue weighted by Crippen LogP contribution is -2.35. The Kier molecular flexibility index (Phi) is 5.09. The highest BCUT2D eigenvalue weighted by atomic mass is 35.5. The zero-order valence-corrected chi connectivity index (χ0v) is 13.7. The summed E-state index contributed by atoms with van der Waals surface area (Å²) in [4.78, 5) is 12.2. The number of nitrogen functional groups attached to an aromatic ring is 1. The van der Waals surface area contributed by atoms with Crippen molar-refractivity contribution < 1.29 is 4.79 Å². The predicted octanol–water partition coefficient (Wildman–Crippen LogP) is 3.92. The van der Waals surface area contributed by atoms with Crippen LogP contribution in [0.2, 0.25) is 5.02 Å². The number of halogens is 1. The molecular formula is C18H21ClN2O. The number of amides is 1. The quantitative estimate of drug-likeness (QED) is 0.821. The molecule has 0 fully saturated rings. The molecule has 0 saturated heterocycles. The lowest BCUT2D eigenvalue weighted by molar-refractivity contribution is 0.0936. The van der Waals surface area contributed by atoms with Crippen LogP contribution in [0.5, 0.6) is 0 Å². The first-order valence-electron chi connectivity index (χ1n) is 7.24. The SMILES string of the molecule is CC(C)(CNC(=O)c1cccc(N)c1)Cc1cccc(Cl)c1. The van der Waals surface area contributed by atoms with Crippen LogP contribution in [-0.4, -0.2) is 12.5 Å². The molecule has 2 aromatic rings. The van der Waals surface area contributed by atoms with Gasteiger partial charge in [0.25, 0.3) is 5.91 Å². The van der Waals surface area contributed by atoms with Crippen molar-refractivity contribution in [3.05, 3.63) is 64.7 Å². The molecule has 0 spiro atoms. The molecule has 0 bridgehead atoms. The number of nitrogens with two attached hydrogens (primary N) is 1. The summed E-state index contributed by atoms with van der Waals surface area (Å²) in [6, 6.07) is 14.8. The van der Waals surface area contributed by atoms with Crippen molar-refractivity contribution in [2.75, 3.05) is 12.3 Å². The molecule has 0 aliphatic rings. The Hall–Kier alpha value is -2.00. The first kappa shape index (κ1) is 16.4. The average molecular weight is 317 g/mol. The summed E-state index contributed by atoms with van der Waals surface area (Å²) in [6.45, 7) is 4.81. The van der Waals surface area contributed by atoms with Gasteiger partial charge in [0.15, 0.2) is 0 Å². The van der Waals surface area contributed by atoms with Gasteiger partial charge in [0.2, 0.25) is 0 Å². The van der Waals surface area contributed by atoms with Crippen LogP contribution in [-0.2, 0) is 6.42 Å². The van der Waals surface area contributed by atoms with Gasteiger partial charge in [-0.2, -0.15) is 0 Å². The number of anilines is 1. The van der Waals surface area contributed by atoms with Crippen LogP contribution in [0, 0.1) is 5.41 Å². The second kappa shape index (κ2) is 6.84. The fraction of sp³-hybridized carbons (Fsp3) is 0.278. The highest BCUT2D eigenvalue weighted by molar-refractivity contribution is 6.30. The van der Waals surface area contributed by atoms with Gasteiger partial charge in [0, 0.05) is 22.8 Å². The van der Waals surface area contributed by atoms with Gasteiger partial charge in [-0.15, -0.1) is 0 Å². The van der Waals surface area contributed by atoms with E-state index in [0.717, 1.165) is 17.0 Å². The van der Waals surface area contributed by atoms with E-state index < -0.39 is 0 Å². The molecule has 2 rings (SSSR count). The lowest BCUT2D eigenvalue weighted by atomic mass is 9.85. The topological polar surface area (TPSA) is 55.1 Å². The Bertz CT molecular complexity index is 668. The van der Waals surface area contributed by atoms with Gasteiger partial charge in [-0.25, -0.2) is 0 Å². The van der Waals surface area contributed by atoms with Crippen LogP contribution in [0.3, 0.4) is 0 Å². The van der Waals surface area contributed by atoms with E-state index in [4.69, 9.17) is 17.3 Å². The Labute approximate surface area is 136 Å². The highest BCUT2D eigenvalue weighted by Crippen LogP contribution is 2.23. The van der Waals surface area contributed by atoms with Crippen LogP contribution < -0.4 is 11.1 Å². The smallest absolute Gasteiger partial charge is 0.251 e. The van der Waals surface area contributed by atoms with E-state index in [2.05, 4.69) is 19.2 Å². The van der Waals surface area contributed by atoms with Gasteiger partial charge >= 0.3 is 0 Å². The molecule has 0 unspecified atom stereocenters. The molecule has 0 saturated carbocycles. The standard InChI is InChI=1S/C18H21ClN2O/c1-18(2,11-13-5-3-7-15(19)9-13)12-21-17(22)14-6-4-8-16(20)10-14/h3-10H,11-12,20H2,1-2H3,(H,21,22). The fourth-order valence-corrected chi connectivity index (χ4v) is 2.58. The Balaban J connectivity index is 1.96. The van der Waals surface area contributed by atoms with Crippen LogP contribution in [0.15, 0.2) is 48.5 Å². The van der Waals surface area contributed by atoms with Crippen molar-refractivity contribution >= 4 is 23.2 Å². The van der Waals surface area contributed by atoms with Crippen LogP contribution >= 0.6 is 11.6 Å². The monoisotopic (exact) mass is 316 g/mol. The van der Waals surface area contributed by atoms with Crippen molar-refractivity contribution in [3.63, 3.8) is 0 Å². The molecule has 0 aliphatic carbocycles. The number of rotatable bonds is 5. The molecular weight excluding hydrogens is 296 g/mol. The van der Waals surface area contributed by atoms with E-state index in [1.165, 1.54) is 0 Å². The first-order valence-corrected chi connectivity index (χ1v) is 7.62. The second-order valence-corrected chi connectivity index (χ2v) is 6.72. The maximum absolute atomic E-state index is 12.2. The minimum absolute atomic E-state index is 0.0688. The third-order valence-electron chi connectivity index (χ3n) is 3.45. The van der Waals surface area contributed by atoms with E-state index in [0.29, 0.717) is 17.8 Å². The summed E-state index contributed by atoms with van der Waals surface area (Å²) < 4.78 is 0. The molecule has 4 heteroatoms. The van der Waals surface area contributed by atoms with Gasteiger partial charge in [-0.1, -0.05) is 43.6 Å². The minimum atomic E-state index is -0.105. The molecule has 0 atom stereocenters. The largest absolute Gasteiger partial charge is 0.399 e. The number of hydrogen-bond donors (Lipinski definition) is 2. The van der Waals surface area contributed by atoms with E-state index in [1.807, 2.05) is 24.3 Å². The van der Waals surface area contributed by atoms with Crippen LogP contribution in [0.4, 0.5) is 5.69 Å². The third kappa shape index (κ3) is 4.78. The van der Waals surface area contributed by atoms with Crippen LogP contribution in [0.25, 0.3) is 0 Å². The molecule has 0 radical (unpaired) electrons. The number of carbonyl (C=O) groups is 1. The zero-order valence-electron chi connectivity index (χ0n) is 12.9. The average Bonchev–Trinajstić information content (AvgIpc) is 2.44. The van der Waals surface area contributed by atoms with Crippen molar-refractivity contribution in [1.29, 1.82) is 0 Å². The van der Waals surface area contributed by atoms with Gasteiger partial charge in [-0.05, 0) is 47.7 Å². The molecule has 0 heterocycles. The Morgan fingerprint density at radius 3 is 2.59 bits per heavy atom. The molecule has 0 aromatic heterocycles. The van der Waals surface area contributed by atoms with Gasteiger partial charge in [0.05, 0.1) is 0 Å². The van der Waals surface area contributed by atoms with Crippen molar-refractivity contribution in [3.8, 4) is 0 Å². The molecule has 2 aromatic carbocycles. The van der Waals surface area contributed by atoms with Crippen molar-refractivity contribution in [1.82, 2.24) is 5.32 Å². The molecule has 116 valence electrons.